The Kier molecular flexibility index (Phi) is 4.85. The zero-order valence-corrected chi connectivity index (χ0v) is 12.0. The van der Waals surface area contributed by atoms with Crippen molar-refractivity contribution in [1.82, 2.24) is 10.3 Å². The molecule has 2 aromatic rings. The molecule has 1 aromatic carbocycles. The summed E-state index contributed by atoms with van der Waals surface area (Å²) in [6.07, 6.45) is -2.81. The first-order chi connectivity index (χ1) is 9.93. The Bertz CT molecular complexity index is 614. The highest BCUT2D eigenvalue weighted by atomic mass is 35.5. The highest BCUT2D eigenvalue weighted by molar-refractivity contribution is 6.31. The second kappa shape index (κ2) is 6.45. The molecular formula is C15H14ClF3N2. The van der Waals surface area contributed by atoms with Crippen LogP contribution in [0, 0.1) is 0 Å². The number of hydrogen-bond acceptors (Lipinski definition) is 2. The first-order valence-electron chi connectivity index (χ1n) is 6.44. The van der Waals surface area contributed by atoms with Crippen LogP contribution in [0.1, 0.15) is 29.8 Å². The van der Waals surface area contributed by atoms with Crippen LogP contribution in [0.25, 0.3) is 0 Å². The predicted octanol–water partition coefficient (Wildman–Crippen LogP) is 4.45. The number of pyridine rings is 1. The van der Waals surface area contributed by atoms with Gasteiger partial charge in [0, 0.05) is 6.20 Å². The fourth-order valence-electron chi connectivity index (χ4n) is 2.08. The molecule has 0 bridgehead atoms. The summed E-state index contributed by atoms with van der Waals surface area (Å²) in [7, 11) is 0. The summed E-state index contributed by atoms with van der Waals surface area (Å²) in [4.78, 5) is 4.19. The van der Waals surface area contributed by atoms with Gasteiger partial charge in [-0.3, -0.25) is 4.98 Å². The van der Waals surface area contributed by atoms with Gasteiger partial charge in [0.25, 0.3) is 0 Å². The maximum absolute atomic E-state index is 12.8. The molecule has 1 atom stereocenters. The lowest BCUT2D eigenvalue weighted by Crippen LogP contribution is -2.23. The van der Waals surface area contributed by atoms with Crippen LogP contribution in [0.2, 0.25) is 5.02 Å². The standard InChI is InChI=1S/C15H14ClF3N2/c1-2-20-13(14-12(16)7-4-8-21-14)10-5-3-6-11(9-10)15(17,18)19/h3-9,13,20H,2H2,1H3. The summed E-state index contributed by atoms with van der Waals surface area (Å²) >= 11 is 6.11. The molecule has 21 heavy (non-hydrogen) atoms. The molecule has 0 fully saturated rings. The molecule has 1 aromatic heterocycles. The smallest absolute Gasteiger partial charge is 0.305 e. The quantitative estimate of drug-likeness (QED) is 0.901. The van der Waals surface area contributed by atoms with Gasteiger partial charge in [0.1, 0.15) is 0 Å². The number of benzene rings is 1. The van der Waals surface area contributed by atoms with Crippen molar-refractivity contribution in [2.24, 2.45) is 0 Å². The molecule has 112 valence electrons. The van der Waals surface area contributed by atoms with E-state index < -0.39 is 17.8 Å². The number of alkyl halides is 3. The van der Waals surface area contributed by atoms with Crippen LogP contribution in [-0.2, 0) is 6.18 Å². The number of hydrogen-bond donors (Lipinski definition) is 1. The van der Waals surface area contributed by atoms with E-state index in [1.54, 1.807) is 24.4 Å². The zero-order valence-electron chi connectivity index (χ0n) is 11.3. The summed E-state index contributed by atoms with van der Waals surface area (Å²) in [6.45, 7) is 2.45. The van der Waals surface area contributed by atoms with Gasteiger partial charge in [-0.1, -0.05) is 30.7 Å². The summed E-state index contributed by atoms with van der Waals surface area (Å²) in [6, 6.07) is 8.06. The average molecular weight is 315 g/mol. The second-order valence-corrected chi connectivity index (χ2v) is 4.89. The van der Waals surface area contributed by atoms with Crippen LogP contribution in [0.4, 0.5) is 13.2 Å². The fourth-order valence-corrected chi connectivity index (χ4v) is 2.31. The molecule has 2 rings (SSSR count). The molecule has 1 unspecified atom stereocenters. The van der Waals surface area contributed by atoms with Gasteiger partial charge in [-0.25, -0.2) is 0 Å². The first-order valence-corrected chi connectivity index (χ1v) is 6.82. The lowest BCUT2D eigenvalue weighted by molar-refractivity contribution is -0.137. The summed E-state index contributed by atoms with van der Waals surface area (Å²) in [5.74, 6) is 0. The molecule has 1 heterocycles. The maximum Gasteiger partial charge on any atom is 0.416 e. The van der Waals surface area contributed by atoms with Crippen molar-refractivity contribution in [2.75, 3.05) is 6.54 Å². The maximum atomic E-state index is 12.8. The molecule has 0 aliphatic rings. The molecule has 0 radical (unpaired) electrons. The van der Waals surface area contributed by atoms with Gasteiger partial charge >= 0.3 is 6.18 Å². The van der Waals surface area contributed by atoms with E-state index in [1.807, 2.05) is 6.92 Å². The lowest BCUT2D eigenvalue weighted by atomic mass is 10.0. The van der Waals surface area contributed by atoms with Gasteiger partial charge in [0.15, 0.2) is 0 Å². The van der Waals surface area contributed by atoms with Crippen LogP contribution in [0.3, 0.4) is 0 Å². The number of rotatable bonds is 4. The SMILES string of the molecule is CCNC(c1cccc(C(F)(F)F)c1)c1ncccc1Cl. The molecule has 2 nitrogen and oxygen atoms in total. The van der Waals surface area contributed by atoms with E-state index in [-0.39, 0.29) is 0 Å². The number of nitrogens with zero attached hydrogens (tertiary/aromatic N) is 1. The van der Waals surface area contributed by atoms with Gasteiger partial charge in [-0.15, -0.1) is 0 Å². The van der Waals surface area contributed by atoms with Gasteiger partial charge in [0.2, 0.25) is 0 Å². The Hall–Kier alpha value is -1.59. The van der Waals surface area contributed by atoms with Crippen LogP contribution < -0.4 is 5.32 Å². The molecule has 0 spiro atoms. The number of aromatic nitrogens is 1. The van der Waals surface area contributed by atoms with Gasteiger partial charge in [-0.05, 0) is 36.4 Å². The van der Waals surface area contributed by atoms with E-state index in [9.17, 15) is 13.2 Å². The minimum absolute atomic E-state index is 0.417. The summed E-state index contributed by atoms with van der Waals surface area (Å²) < 4.78 is 38.5. The van der Waals surface area contributed by atoms with Gasteiger partial charge in [-0.2, -0.15) is 13.2 Å². The Morgan fingerprint density at radius 3 is 2.62 bits per heavy atom. The van der Waals surface area contributed by atoms with Crippen molar-refractivity contribution >= 4 is 11.6 Å². The second-order valence-electron chi connectivity index (χ2n) is 4.48. The molecule has 0 aliphatic carbocycles. The molecule has 0 saturated heterocycles. The predicted molar refractivity (Wildman–Crippen MR) is 76.2 cm³/mol. The Labute approximate surface area is 126 Å². The third-order valence-electron chi connectivity index (χ3n) is 3.02. The van der Waals surface area contributed by atoms with Crippen LogP contribution in [0.15, 0.2) is 42.6 Å². The van der Waals surface area contributed by atoms with Crippen molar-refractivity contribution in [3.8, 4) is 0 Å². The minimum Gasteiger partial charge on any atom is -0.305 e. The largest absolute Gasteiger partial charge is 0.416 e. The Balaban J connectivity index is 2.46. The summed E-state index contributed by atoms with van der Waals surface area (Å²) in [5, 5.41) is 3.54. The third-order valence-corrected chi connectivity index (χ3v) is 3.34. The van der Waals surface area contributed by atoms with Crippen LogP contribution in [-0.4, -0.2) is 11.5 Å². The monoisotopic (exact) mass is 314 g/mol. The molecule has 0 saturated carbocycles. The molecule has 1 N–H and O–H groups in total. The van der Waals surface area contributed by atoms with Crippen molar-refractivity contribution < 1.29 is 13.2 Å². The van der Waals surface area contributed by atoms with Crippen molar-refractivity contribution in [3.05, 3.63) is 64.4 Å². The lowest BCUT2D eigenvalue weighted by Gasteiger charge is -2.20. The Morgan fingerprint density at radius 1 is 1.24 bits per heavy atom. The van der Waals surface area contributed by atoms with Gasteiger partial charge < -0.3 is 5.32 Å². The first kappa shape index (κ1) is 15.8. The number of halogens is 4. The van der Waals surface area contributed by atoms with E-state index in [1.165, 1.54) is 6.07 Å². The average Bonchev–Trinajstić information content (AvgIpc) is 2.45. The van der Waals surface area contributed by atoms with Crippen molar-refractivity contribution in [1.29, 1.82) is 0 Å². The zero-order chi connectivity index (χ0) is 15.5. The Morgan fingerprint density at radius 2 is 2.00 bits per heavy atom. The van der Waals surface area contributed by atoms with E-state index in [4.69, 9.17) is 11.6 Å². The molecule has 0 aliphatic heterocycles. The minimum atomic E-state index is -4.37. The number of nitrogens with one attached hydrogen (secondary N) is 1. The van der Waals surface area contributed by atoms with Crippen LogP contribution >= 0.6 is 11.6 Å². The fraction of sp³-hybridized carbons (Fsp3) is 0.267. The molecule has 6 heteroatoms. The van der Waals surface area contributed by atoms with E-state index in [2.05, 4.69) is 10.3 Å². The highest BCUT2D eigenvalue weighted by Gasteiger charge is 2.31. The third kappa shape index (κ3) is 3.74. The van der Waals surface area contributed by atoms with E-state index in [0.717, 1.165) is 12.1 Å². The van der Waals surface area contributed by atoms with E-state index in [0.29, 0.717) is 22.8 Å². The topological polar surface area (TPSA) is 24.9 Å². The highest BCUT2D eigenvalue weighted by Crippen LogP contribution is 2.33. The van der Waals surface area contributed by atoms with E-state index >= 15 is 0 Å². The normalized spacial score (nSPS) is 13.2. The van der Waals surface area contributed by atoms with Crippen LogP contribution in [0.5, 0.6) is 0 Å². The molecule has 0 amide bonds. The van der Waals surface area contributed by atoms with Crippen molar-refractivity contribution in [3.63, 3.8) is 0 Å². The van der Waals surface area contributed by atoms with Crippen molar-refractivity contribution in [2.45, 2.75) is 19.1 Å². The molecular weight excluding hydrogens is 301 g/mol. The summed E-state index contributed by atoms with van der Waals surface area (Å²) in [5.41, 5.74) is 0.308. The van der Waals surface area contributed by atoms with Gasteiger partial charge in [0.05, 0.1) is 22.3 Å².